The van der Waals surface area contributed by atoms with E-state index in [1.165, 1.54) is 11.1 Å². The highest BCUT2D eigenvalue weighted by Crippen LogP contribution is 2.41. The van der Waals surface area contributed by atoms with Crippen LogP contribution in [0.5, 0.6) is 0 Å². The molecule has 5 rings (SSSR count). The number of hydrogen-bond acceptors (Lipinski definition) is 3. The van der Waals surface area contributed by atoms with Crippen LogP contribution in [-0.2, 0) is 22.5 Å². The van der Waals surface area contributed by atoms with Crippen molar-refractivity contribution in [3.63, 3.8) is 0 Å². The van der Waals surface area contributed by atoms with E-state index in [0.29, 0.717) is 6.61 Å². The second kappa shape index (κ2) is 7.37. The van der Waals surface area contributed by atoms with Crippen LogP contribution in [0.3, 0.4) is 0 Å². The standard InChI is InChI=1S/C24H23N3O3/c1-2-30-21(28)14-27-13-19(17-9-5-6-10-20(17)27)23-18-12-11-15-7-3-4-8-16(15)22(18)25-24(29)26-23/h3-10,13,23H,2,11-12,14H2,1H3,(H2,25,26,29). The van der Waals surface area contributed by atoms with Crippen molar-refractivity contribution in [1.29, 1.82) is 0 Å². The highest BCUT2D eigenvalue weighted by Gasteiger charge is 2.33. The maximum atomic E-state index is 12.6. The van der Waals surface area contributed by atoms with Gasteiger partial charge in [-0.15, -0.1) is 0 Å². The SMILES string of the molecule is CCOC(=O)Cn1cc(C2NC(=O)NC3=C2CCc2ccccc23)c2ccccc21. The molecule has 0 saturated carbocycles. The summed E-state index contributed by atoms with van der Waals surface area (Å²) in [5.74, 6) is -0.273. The van der Waals surface area contributed by atoms with Gasteiger partial charge in [-0.2, -0.15) is 0 Å². The lowest BCUT2D eigenvalue weighted by molar-refractivity contribution is -0.143. The Labute approximate surface area is 174 Å². The molecular formula is C24H23N3O3. The van der Waals surface area contributed by atoms with E-state index < -0.39 is 0 Å². The number of nitrogens with zero attached hydrogens (tertiary/aromatic N) is 1. The number of para-hydroxylation sites is 1. The molecule has 0 fully saturated rings. The fourth-order valence-electron chi connectivity index (χ4n) is 4.60. The van der Waals surface area contributed by atoms with Crippen LogP contribution in [0.25, 0.3) is 16.6 Å². The van der Waals surface area contributed by atoms with Gasteiger partial charge in [0, 0.05) is 28.2 Å². The molecule has 1 aliphatic carbocycles. The quantitative estimate of drug-likeness (QED) is 0.651. The van der Waals surface area contributed by atoms with Gasteiger partial charge >= 0.3 is 12.0 Å². The fraction of sp³-hybridized carbons (Fsp3) is 0.250. The van der Waals surface area contributed by atoms with Crippen molar-refractivity contribution in [3.05, 3.63) is 77.0 Å². The van der Waals surface area contributed by atoms with E-state index in [1.807, 2.05) is 47.2 Å². The lowest BCUT2D eigenvalue weighted by Crippen LogP contribution is -2.44. The molecule has 0 saturated heterocycles. The summed E-state index contributed by atoms with van der Waals surface area (Å²) >= 11 is 0. The van der Waals surface area contributed by atoms with Crippen molar-refractivity contribution in [2.45, 2.75) is 32.4 Å². The molecule has 6 heteroatoms. The molecule has 152 valence electrons. The molecule has 0 radical (unpaired) electrons. The van der Waals surface area contributed by atoms with Crippen LogP contribution >= 0.6 is 0 Å². The van der Waals surface area contributed by atoms with Crippen LogP contribution < -0.4 is 10.6 Å². The topological polar surface area (TPSA) is 72.4 Å². The zero-order chi connectivity index (χ0) is 20.7. The minimum Gasteiger partial charge on any atom is -0.465 e. The van der Waals surface area contributed by atoms with Gasteiger partial charge in [0.05, 0.1) is 18.3 Å². The number of aromatic nitrogens is 1. The predicted molar refractivity (Wildman–Crippen MR) is 115 cm³/mol. The molecule has 1 aliphatic heterocycles. The van der Waals surface area contributed by atoms with Crippen LogP contribution in [0.2, 0.25) is 0 Å². The van der Waals surface area contributed by atoms with Gasteiger partial charge < -0.3 is 19.9 Å². The molecule has 1 unspecified atom stereocenters. The van der Waals surface area contributed by atoms with Crippen LogP contribution in [-0.4, -0.2) is 23.2 Å². The number of rotatable bonds is 4. The Morgan fingerprint density at radius 3 is 2.80 bits per heavy atom. The maximum absolute atomic E-state index is 12.6. The van der Waals surface area contributed by atoms with Gasteiger partial charge in [0.25, 0.3) is 0 Å². The predicted octanol–water partition coefficient (Wildman–Crippen LogP) is 3.92. The van der Waals surface area contributed by atoms with Crippen LogP contribution in [0.15, 0.2) is 60.3 Å². The Balaban J connectivity index is 1.63. The molecule has 30 heavy (non-hydrogen) atoms. The number of carbonyl (C=O) groups is 2. The van der Waals surface area contributed by atoms with Gasteiger partial charge in [-0.1, -0.05) is 42.5 Å². The number of aryl methyl sites for hydroxylation is 1. The molecule has 1 aromatic heterocycles. The van der Waals surface area contributed by atoms with E-state index in [1.54, 1.807) is 6.92 Å². The number of ether oxygens (including phenoxy) is 1. The van der Waals surface area contributed by atoms with Gasteiger partial charge in [-0.3, -0.25) is 4.79 Å². The van der Waals surface area contributed by atoms with Crippen LogP contribution in [0, 0.1) is 0 Å². The summed E-state index contributed by atoms with van der Waals surface area (Å²) in [6, 6.07) is 15.7. The van der Waals surface area contributed by atoms with E-state index >= 15 is 0 Å². The Bertz CT molecular complexity index is 1190. The molecule has 1 atom stereocenters. The second-order valence-corrected chi connectivity index (χ2v) is 7.62. The minimum atomic E-state index is -0.273. The monoisotopic (exact) mass is 401 g/mol. The molecule has 0 bridgehead atoms. The number of carbonyl (C=O) groups excluding carboxylic acids is 2. The number of benzene rings is 2. The Hall–Kier alpha value is -3.54. The summed E-state index contributed by atoms with van der Waals surface area (Å²) in [5, 5.41) is 7.16. The molecule has 2 heterocycles. The summed E-state index contributed by atoms with van der Waals surface area (Å²) in [4.78, 5) is 24.7. The normalized spacial score (nSPS) is 17.8. The summed E-state index contributed by atoms with van der Waals surface area (Å²) in [7, 11) is 0. The zero-order valence-corrected chi connectivity index (χ0v) is 16.8. The molecule has 6 nitrogen and oxygen atoms in total. The highest BCUT2D eigenvalue weighted by atomic mass is 16.5. The van der Waals surface area contributed by atoms with Gasteiger partial charge in [0.1, 0.15) is 6.54 Å². The lowest BCUT2D eigenvalue weighted by Gasteiger charge is -2.34. The first-order valence-corrected chi connectivity index (χ1v) is 10.3. The molecule has 2 amide bonds. The average molecular weight is 401 g/mol. The molecule has 2 aliphatic rings. The molecule has 3 aromatic rings. The summed E-state index contributed by atoms with van der Waals surface area (Å²) in [5.41, 5.74) is 6.37. The van der Waals surface area contributed by atoms with E-state index in [2.05, 4.69) is 22.8 Å². The zero-order valence-electron chi connectivity index (χ0n) is 16.8. The molecular weight excluding hydrogens is 378 g/mol. The van der Waals surface area contributed by atoms with Gasteiger partial charge in [-0.25, -0.2) is 4.79 Å². The first-order chi connectivity index (χ1) is 14.7. The van der Waals surface area contributed by atoms with Crippen molar-refractivity contribution in [2.75, 3.05) is 6.61 Å². The Kier molecular flexibility index (Phi) is 4.54. The van der Waals surface area contributed by atoms with E-state index in [4.69, 9.17) is 4.74 Å². The third-order valence-corrected chi connectivity index (χ3v) is 5.87. The lowest BCUT2D eigenvalue weighted by atomic mass is 9.83. The van der Waals surface area contributed by atoms with Crippen molar-refractivity contribution >= 4 is 28.6 Å². The van der Waals surface area contributed by atoms with E-state index in [0.717, 1.165) is 40.6 Å². The first kappa shape index (κ1) is 18.5. The average Bonchev–Trinajstić information content (AvgIpc) is 3.11. The van der Waals surface area contributed by atoms with Crippen molar-refractivity contribution < 1.29 is 14.3 Å². The van der Waals surface area contributed by atoms with Gasteiger partial charge in [0.2, 0.25) is 0 Å². The number of hydrogen-bond donors (Lipinski definition) is 2. The maximum Gasteiger partial charge on any atom is 0.325 e. The molecule has 2 N–H and O–H groups in total. The van der Waals surface area contributed by atoms with Gasteiger partial charge in [-0.05, 0) is 37.0 Å². The number of fused-ring (bicyclic) bond motifs is 3. The third-order valence-electron chi connectivity index (χ3n) is 5.87. The number of esters is 1. The van der Waals surface area contributed by atoms with Crippen molar-refractivity contribution in [3.8, 4) is 0 Å². The summed E-state index contributed by atoms with van der Waals surface area (Å²) in [6.45, 7) is 2.30. The largest absolute Gasteiger partial charge is 0.465 e. The number of urea groups is 1. The minimum absolute atomic E-state index is 0.141. The van der Waals surface area contributed by atoms with Crippen LogP contribution in [0.4, 0.5) is 4.79 Å². The second-order valence-electron chi connectivity index (χ2n) is 7.62. The van der Waals surface area contributed by atoms with E-state index in [9.17, 15) is 9.59 Å². The van der Waals surface area contributed by atoms with Crippen molar-refractivity contribution in [1.82, 2.24) is 15.2 Å². The Morgan fingerprint density at radius 1 is 1.13 bits per heavy atom. The number of nitrogens with one attached hydrogen (secondary N) is 2. The van der Waals surface area contributed by atoms with Gasteiger partial charge in [0.15, 0.2) is 0 Å². The summed E-state index contributed by atoms with van der Waals surface area (Å²) in [6.07, 6.45) is 3.77. The van der Waals surface area contributed by atoms with Crippen molar-refractivity contribution in [2.24, 2.45) is 0 Å². The smallest absolute Gasteiger partial charge is 0.325 e. The first-order valence-electron chi connectivity index (χ1n) is 10.3. The Morgan fingerprint density at radius 2 is 1.93 bits per heavy atom. The third kappa shape index (κ3) is 3.05. The summed E-state index contributed by atoms with van der Waals surface area (Å²) < 4.78 is 7.05. The highest BCUT2D eigenvalue weighted by molar-refractivity contribution is 5.94. The number of amides is 2. The fourth-order valence-corrected chi connectivity index (χ4v) is 4.60. The molecule has 2 aromatic carbocycles. The molecule has 0 spiro atoms. The van der Waals surface area contributed by atoms with Crippen LogP contribution in [0.1, 0.15) is 36.1 Å². The van der Waals surface area contributed by atoms with E-state index in [-0.39, 0.29) is 24.6 Å².